The number of aliphatic carboxylic acids is 1. The monoisotopic (exact) mass is 316 g/mol. The number of carboxylic acids is 1. The lowest BCUT2D eigenvalue weighted by molar-refractivity contribution is -0.385. The molecule has 0 radical (unpaired) electrons. The fraction of sp³-hybridized carbons (Fsp3) is 0.312. The van der Waals surface area contributed by atoms with Crippen LogP contribution in [0.2, 0.25) is 0 Å². The van der Waals surface area contributed by atoms with Crippen LogP contribution in [0.15, 0.2) is 40.5 Å². The van der Waals surface area contributed by atoms with Gasteiger partial charge < -0.3 is 5.11 Å². The summed E-state index contributed by atoms with van der Waals surface area (Å²) in [7, 11) is 0. The highest BCUT2D eigenvalue weighted by Crippen LogP contribution is 2.42. The summed E-state index contributed by atoms with van der Waals surface area (Å²) < 4.78 is 0. The Morgan fingerprint density at radius 2 is 1.87 bits per heavy atom. The van der Waals surface area contributed by atoms with Crippen LogP contribution < -0.4 is 0 Å². The second-order valence-corrected chi connectivity index (χ2v) is 5.44. The molecule has 23 heavy (non-hydrogen) atoms. The predicted octanol–water partition coefficient (Wildman–Crippen LogP) is 2.72. The Bertz CT molecular complexity index is 763. The first-order valence-electron chi connectivity index (χ1n) is 6.98. The number of carbonyl (C=O) groups excluding carboxylic acids is 1. The molecule has 0 aromatic heterocycles. The smallest absolute Gasteiger partial charge is 0.334 e. The van der Waals surface area contributed by atoms with Gasteiger partial charge in [-0.1, -0.05) is 18.2 Å². The highest BCUT2D eigenvalue weighted by Gasteiger charge is 2.41. The number of aliphatic imine (C=N–C) groups is 1. The molecule has 7 heteroatoms. The van der Waals surface area contributed by atoms with Crippen molar-refractivity contribution in [3.63, 3.8) is 0 Å². The van der Waals surface area contributed by atoms with Crippen LogP contribution in [0, 0.1) is 16.0 Å². The Hall–Kier alpha value is -2.83. The molecule has 1 aromatic rings. The number of carboxylic acid groups (broad SMARTS) is 1. The van der Waals surface area contributed by atoms with E-state index in [0.29, 0.717) is 5.71 Å². The molecule has 2 unspecified atom stereocenters. The number of nitrogens with zero attached hydrogens (tertiary/aromatic N) is 2. The lowest BCUT2D eigenvalue weighted by Gasteiger charge is -2.30. The average Bonchev–Trinajstić information content (AvgIpc) is 2.45. The van der Waals surface area contributed by atoms with Crippen LogP contribution >= 0.6 is 0 Å². The molecule has 2 atom stereocenters. The SMILES string of the molecule is CC(=O)C1C(C)=NC(C)=C(C(=O)O)C1c1ccccc1[N+](=O)[O-]. The van der Waals surface area contributed by atoms with E-state index in [9.17, 15) is 24.8 Å². The van der Waals surface area contributed by atoms with Gasteiger partial charge in [0.25, 0.3) is 5.69 Å². The van der Waals surface area contributed by atoms with Crippen LogP contribution in [0.4, 0.5) is 5.69 Å². The first-order chi connectivity index (χ1) is 10.8. The number of ketones is 1. The molecule has 0 bridgehead atoms. The van der Waals surface area contributed by atoms with Crippen LogP contribution in [-0.2, 0) is 9.59 Å². The minimum atomic E-state index is -1.23. The summed E-state index contributed by atoms with van der Waals surface area (Å²) in [4.78, 5) is 38.7. The van der Waals surface area contributed by atoms with Crippen molar-refractivity contribution in [1.82, 2.24) is 0 Å². The predicted molar refractivity (Wildman–Crippen MR) is 83.5 cm³/mol. The largest absolute Gasteiger partial charge is 0.478 e. The van der Waals surface area contributed by atoms with Gasteiger partial charge in [-0.3, -0.25) is 19.9 Å². The lowest BCUT2D eigenvalue weighted by atomic mass is 9.73. The quantitative estimate of drug-likeness (QED) is 0.678. The van der Waals surface area contributed by atoms with Crippen molar-refractivity contribution in [3.8, 4) is 0 Å². The molecular weight excluding hydrogens is 300 g/mol. The zero-order valence-electron chi connectivity index (χ0n) is 12.9. The number of rotatable bonds is 4. The highest BCUT2D eigenvalue weighted by atomic mass is 16.6. The summed E-state index contributed by atoms with van der Waals surface area (Å²) in [6.07, 6.45) is 0. The zero-order valence-corrected chi connectivity index (χ0v) is 12.9. The van der Waals surface area contributed by atoms with E-state index >= 15 is 0 Å². The minimum absolute atomic E-state index is 0.0786. The van der Waals surface area contributed by atoms with Crippen molar-refractivity contribution in [3.05, 3.63) is 51.2 Å². The van der Waals surface area contributed by atoms with Gasteiger partial charge in [-0.25, -0.2) is 4.79 Å². The molecule has 120 valence electrons. The zero-order chi connectivity index (χ0) is 17.3. The number of hydrogen-bond donors (Lipinski definition) is 1. The van der Waals surface area contributed by atoms with Gasteiger partial charge in [0.15, 0.2) is 0 Å². The summed E-state index contributed by atoms with van der Waals surface area (Å²) >= 11 is 0. The van der Waals surface area contributed by atoms with E-state index in [2.05, 4.69) is 4.99 Å². The maximum absolute atomic E-state index is 12.1. The van der Waals surface area contributed by atoms with E-state index < -0.39 is 22.7 Å². The molecule has 7 nitrogen and oxygen atoms in total. The van der Waals surface area contributed by atoms with E-state index in [1.807, 2.05) is 0 Å². The van der Waals surface area contributed by atoms with Gasteiger partial charge >= 0.3 is 5.97 Å². The highest BCUT2D eigenvalue weighted by molar-refractivity contribution is 6.08. The summed E-state index contributed by atoms with van der Waals surface area (Å²) in [5.41, 5.74) is 0.651. The van der Waals surface area contributed by atoms with E-state index in [-0.39, 0.29) is 28.3 Å². The molecule has 0 amide bonds. The summed E-state index contributed by atoms with van der Waals surface area (Å²) in [6.45, 7) is 4.51. The number of nitro benzene ring substituents is 1. The molecular formula is C16H16N2O5. The Morgan fingerprint density at radius 1 is 1.26 bits per heavy atom. The number of para-hydroxylation sites is 1. The number of allylic oxidation sites excluding steroid dienone is 1. The molecule has 0 saturated carbocycles. The first-order valence-corrected chi connectivity index (χ1v) is 6.98. The third kappa shape index (κ3) is 2.90. The van der Waals surface area contributed by atoms with Crippen LogP contribution in [0.3, 0.4) is 0 Å². The van der Waals surface area contributed by atoms with Gasteiger partial charge in [0.2, 0.25) is 0 Å². The molecule has 1 aliphatic rings. The standard InChI is InChI=1S/C16H16N2O5/c1-8-13(10(3)19)15(14(16(20)21)9(2)17-8)11-6-4-5-7-12(11)18(22)23/h4-7,13,15H,1-3H3,(H,20,21). The number of carbonyl (C=O) groups is 2. The minimum Gasteiger partial charge on any atom is -0.478 e. The van der Waals surface area contributed by atoms with Crippen LogP contribution in [-0.4, -0.2) is 27.5 Å². The van der Waals surface area contributed by atoms with Gasteiger partial charge in [-0.15, -0.1) is 0 Å². The third-order valence-corrected chi connectivity index (χ3v) is 3.97. The van der Waals surface area contributed by atoms with Gasteiger partial charge in [-0.05, 0) is 20.8 Å². The van der Waals surface area contributed by atoms with Crippen LogP contribution in [0.1, 0.15) is 32.3 Å². The van der Waals surface area contributed by atoms with Gasteiger partial charge in [-0.2, -0.15) is 0 Å². The third-order valence-electron chi connectivity index (χ3n) is 3.97. The molecule has 0 saturated heterocycles. The number of Topliss-reactive ketones (excluding diaryl/α,β-unsaturated/α-hetero) is 1. The Labute approximate surface area is 132 Å². The number of benzene rings is 1. The molecule has 1 aromatic carbocycles. The molecule has 1 N–H and O–H groups in total. The van der Waals surface area contributed by atoms with E-state index in [1.165, 1.54) is 32.0 Å². The summed E-state index contributed by atoms with van der Waals surface area (Å²) in [5.74, 6) is -3.26. The maximum atomic E-state index is 12.1. The van der Waals surface area contributed by atoms with Gasteiger partial charge in [0.05, 0.1) is 16.4 Å². The van der Waals surface area contributed by atoms with Gasteiger partial charge in [0.1, 0.15) is 5.78 Å². The first kappa shape index (κ1) is 16.5. The van der Waals surface area contributed by atoms with Crippen molar-refractivity contribution >= 4 is 23.2 Å². The Morgan fingerprint density at radius 3 is 2.39 bits per heavy atom. The second kappa shape index (κ2) is 6.12. The molecule has 0 spiro atoms. The van der Waals surface area contributed by atoms with Crippen molar-refractivity contribution < 1.29 is 19.6 Å². The fourth-order valence-corrected chi connectivity index (χ4v) is 3.10. The Balaban J connectivity index is 2.78. The van der Waals surface area contributed by atoms with Crippen molar-refractivity contribution in [2.45, 2.75) is 26.7 Å². The fourth-order valence-electron chi connectivity index (χ4n) is 3.10. The Kier molecular flexibility index (Phi) is 4.40. The van der Waals surface area contributed by atoms with E-state index in [1.54, 1.807) is 13.0 Å². The summed E-state index contributed by atoms with van der Waals surface area (Å²) in [6, 6.07) is 5.90. The molecule has 0 aliphatic carbocycles. The van der Waals surface area contributed by atoms with Crippen LogP contribution in [0.5, 0.6) is 0 Å². The second-order valence-electron chi connectivity index (χ2n) is 5.44. The van der Waals surface area contributed by atoms with E-state index in [0.717, 1.165) is 0 Å². The van der Waals surface area contributed by atoms with Crippen LogP contribution in [0.25, 0.3) is 0 Å². The summed E-state index contributed by atoms with van der Waals surface area (Å²) in [5, 5.41) is 20.9. The van der Waals surface area contributed by atoms with Crippen molar-refractivity contribution in [2.75, 3.05) is 0 Å². The molecule has 2 rings (SSSR count). The molecule has 1 aliphatic heterocycles. The number of nitro groups is 1. The number of hydrogen-bond acceptors (Lipinski definition) is 5. The van der Waals surface area contributed by atoms with Gasteiger partial charge in [0, 0.05) is 29.0 Å². The topological polar surface area (TPSA) is 110 Å². The molecule has 0 fully saturated rings. The maximum Gasteiger partial charge on any atom is 0.334 e. The van der Waals surface area contributed by atoms with E-state index in [4.69, 9.17) is 0 Å². The lowest BCUT2D eigenvalue weighted by Crippen LogP contribution is -2.34. The molecule has 1 heterocycles. The normalized spacial score (nSPS) is 20.9. The average molecular weight is 316 g/mol. The van der Waals surface area contributed by atoms with Crippen molar-refractivity contribution in [1.29, 1.82) is 0 Å². The van der Waals surface area contributed by atoms with Crippen molar-refractivity contribution in [2.24, 2.45) is 10.9 Å².